The van der Waals surface area contributed by atoms with Crippen LogP contribution in [0, 0.1) is 22.7 Å². The number of ether oxygens (including phenoxy) is 1. The highest BCUT2D eigenvalue weighted by atomic mass is 16.6. The van der Waals surface area contributed by atoms with Crippen molar-refractivity contribution in [2.45, 2.75) is 65.2 Å². The fraction of sp³-hybridized carbons (Fsp3) is 0.778. The van der Waals surface area contributed by atoms with Crippen molar-refractivity contribution < 1.29 is 34.1 Å². The van der Waals surface area contributed by atoms with E-state index in [0.29, 0.717) is 25.7 Å². The molecule has 0 saturated heterocycles. The molecule has 2 saturated carbocycles. The van der Waals surface area contributed by atoms with Gasteiger partial charge in [0.15, 0.2) is 10.8 Å². The van der Waals surface area contributed by atoms with E-state index >= 15 is 0 Å². The summed E-state index contributed by atoms with van der Waals surface area (Å²) in [6.07, 6.45) is 4.05. The second-order valence-electron chi connectivity index (χ2n) is 7.52. The van der Waals surface area contributed by atoms with Gasteiger partial charge in [0.05, 0.1) is 0 Å². The first-order chi connectivity index (χ1) is 11.7. The highest BCUT2D eigenvalue weighted by Gasteiger charge is 2.58. The average molecular weight is 354 g/mol. The monoisotopic (exact) mass is 354 g/mol. The summed E-state index contributed by atoms with van der Waals surface area (Å²) in [6.45, 7) is 3.32. The van der Waals surface area contributed by atoms with Crippen LogP contribution in [0.1, 0.15) is 65.2 Å². The van der Waals surface area contributed by atoms with E-state index in [1.807, 2.05) is 0 Å². The van der Waals surface area contributed by atoms with Crippen LogP contribution in [0.5, 0.6) is 0 Å². The zero-order chi connectivity index (χ0) is 18.8. The van der Waals surface area contributed by atoms with Crippen LogP contribution in [0.25, 0.3) is 0 Å². The fourth-order valence-corrected chi connectivity index (χ4v) is 4.38. The molecule has 2 aliphatic rings. The molecule has 0 aromatic rings. The number of carbonyl (C=O) groups is 4. The van der Waals surface area contributed by atoms with Gasteiger partial charge in [-0.1, -0.05) is 39.5 Å². The predicted octanol–water partition coefficient (Wildman–Crippen LogP) is 2.62. The van der Waals surface area contributed by atoms with E-state index in [0.717, 1.165) is 12.8 Å². The summed E-state index contributed by atoms with van der Waals surface area (Å²) < 4.78 is 4.96. The maximum Gasteiger partial charge on any atom is 0.331 e. The minimum absolute atomic E-state index is 0.102. The molecular weight excluding hydrogens is 328 g/mol. The molecule has 0 heterocycles. The molecule has 0 aliphatic heterocycles. The molecule has 0 aromatic carbocycles. The van der Waals surface area contributed by atoms with Gasteiger partial charge in [0.2, 0.25) is 0 Å². The van der Waals surface area contributed by atoms with Crippen molar-refractivity contribution in [3.05, 3.63) is 0 Å². The van der Waals surface area contributed by atoms with Gasteiger partial charge in [-0.3, -0.25) is 19.2 Å². The Labute approximate surface area is 146 Å². The smallest absolute Gasteiger partial charge is 0.331 e. The summed E-state index contributed by atoms with van der Waals surface area (Å²) >= 11 is 0. The van der Waals surface area contributed by atoms with Crippen LogP contribution in [0.3, 0.4) is 0 Å². The molecule has 0 amide bonds. The maximum atomic E-state index is 12.7. The Hall–Kier alpha value is -1.92. The molecule has 0 spiro atoms. The van der Waals surface area contributed by atoms with Crippen LogP contribution in [0.15, 0.2) is 0 Å². The van der Waals surface area contributed by atoms with Crippen LogP contribution >= 0.6 is 0 Å². The molecule has 0 aromatic heterocycles. The topological polar surface area (TPSA) is 118 Å². The third-order valence-corrected chi connectivity index (χ3v) is 6.28. The first kappa shape index (κ1) is 19.4. The molecule has 2 aliphatic carbocycles. The number of rotatable bonds is 4. The molecule has 140 valence electrons. The zero-order valence-electron chi connectivity index (χ0n) is 14.7. The standard InChI is InChI=1S/C18H26O7/c1-11-7-3-5-9-17(11,13(19)20)15(23)25-16(24)18(14(21)22)10-6-4-8-12(18)2/h11-12H,3-10H2,1-2H3,(H,19,20)(H,21,22). The van der Waals surface area contributed by atoms with Crippen molar-refractivity contribution in [1.82, 2.24) is 0 Å². The number of carboxylic acids is 2. The van der Waals surface area contributed by atoms with Crippen LogP contribution in [0.2, 0.25) is 0 Å². The Morgan fingerprint density at radius 1 is 0.760 bits per heavy atom. The van der Waals surface area contributed by atoms with E-state index in [-0.39, 0.29) is 12.8 Å². The SMILES string of the molecule is CC1CCCCC1(C(=O)O)C(=O)OC(=O)C1(C(=O)O)CCCCC1C. The van der Waals surface area contributed by atoms with Gasteiger partial charge in [0, 0.05) is 0 Å². The summed E-state index contributed by atoms with van der Waals surface area (Å²) in [5.74, 6) is -5.78. The van der Waals surface area contributed by atoms with E-state index in [1.165, 1.54) is 0 Å². The highest BCUT2D eigenvalue weighted by Crippen LogP contribution is 2.45. The number of carbonyl (C=O) groups excluding carboxylic acids is 2. The summed E-state index contributed by atoms with van der Waals surface area (Å²) in [4.78, 5) is 49.0. The lowest BCUT2D eigenvalue weighted by atomic mass is 9.66. The van der Waals surface area contributed by atoms with E-state index in [9.17, 15) is 29.4 Å². The Morgan fingerprint density at radius 3 is 1.40 bits per heavy atom. The van der Waals surface area contributed by atoms with Gasteiger partial charge in [0.25, 0.3) is 0 Å². The molecule has 2 N–H and O–H groups in total. The van der Waals surface area contributed by atoms with Gasteiger partial charge in [-0.15, -0.1) is 0 Å². The van der Waals surface area contributed by atoms with Crippen molar-refractivity contribution in [2.24, 2.45) is 22.7 Å². The molecule has 7 nitrogen and oxygen atoms in total. The number of carboxylic acid groups (broad SMARTS) is 2. The maximum absolute atomic E-state index is 12.7. The molecule has 7 heteroatoms. The Bertz CT molecular complexity index is 534. The van der Waals surface area contributed by atoms with E-state index in [4.69, 9.17) is 4.74 Å². The van der Waals surface area contributed by atoms with Crippen LogP contribution in [-0.2, 0) is 23.9 Å². The highest BCUT2D eigenvalue weighted by molar-refractivity contribution is 6.08. The van der Waals surface area contributed by atoms with E-state index in [1.54, 1.807) is 13.8 Å². The second-order valence-corrected chi connectivity index (χ2v) is 7.52. The van der Waals surface area contributed by atoms with Gasteiger partial charge < -0.3 is 14.9 Å². The summed E-state index contributed by atoms with van der Waals surface area (Å²) in [5.41, 5.74) is -3.54. The Kier molecular flexibility index (Phi) is 5.54. The predicted molar refractivity (Wildman–Crippen MR) is 86.5 cm³/mol. The molecule has 0 radical (unpaired) electrons. The third-order valence-electron chi connectivity index (χ3n) is 6.28. The van der Waals surface area contributed by atoms with Crippen LogP contribution in [0.4, 0.5) is 0 Å². The molecule has 2 rings (SSSR count). The molecule has 2 fully saturated rings. The van der Waals surface area contributed by atoms with Crippen molar-refractivity contribution in [2.75, 3.05) is 0 Å². The lowest BCUT2D eigenvalue weighted by Crippen LogP contribution is -2.52. The van der Waals surface area contributed by atoms with E-state index in [2.05, 4.69) is 0 Å². The van der Waals surface area contributed by atoms with Crippen LogP contribution in [-0.4, -0.2) is 34.1 Å². The first-order valence-electron chi connectivity index (χ1n) is 8.93. The van der Waals surface area contributed by atoms with Gasteiger partial charge in [-0.05, 0) is 37.5 Å². The molecular formula is C18H26O7. The van der Waals surface area contributed by atoms with Gasteiger partial charge >= 0.3 is 23.9 Å². The van der Waals surface area contributed by atoms with Crippen LogP contribution < -0.4 is 0 Å². The second kappa shape index (κ2) is 7.14. The molecule has 25 heavy (non-hydrogen) atoms. The minimum Gasteiger partial charge on any atom is -0.480 e. The number of esters is 2. The summed E-state index contributed by atoms with van der Waals surface area (Å²) in [6, 6.07) is 0. The van der Waals surface area contributed by atoms with Gasteiger partial charge in [-0.2, -0.15) is 0 Å². The third kappa shape index (κ3) is 3.04. The first-order valence-corrected chi connectivity index (χ1v) is 8.93. The zero-order valence-corrected chi connectivity index (χ0v) is 14.7. The molecule has 4 unspecified atom stereocenters. The average Bonchev–Trinajstić information content (AvgIpc) is 2.55. The summed E-state index contributed by atoms with van der Waals surface area (Å²) in [5, 5.41) is 19.3. The summed E-state index contributed by atoms with van der Waals surface area (Å²) in [7, 11) is 0. The molecule has 4 atom stereocenters. The van der Waals surface area contributed by atoms with Crippen molar-refractivity contribution in [3.63, 3.8) is 0 Å². The lowest BCUT2D eigenvalue weighted by Gasteiger charge is -2.39. The van der Waals surface area contributed by atoms with Gasteiger partial charge in [-0.25, -0.2) is 0 Å². The lowest BCUT2D eigenvalue weighted by molar-refractivity contribution is -0.189. The normalized spacial score (nSPS) is 35.6. The number of hydrogen-bond donors (Lipinski definition) is 2. The van der Waals surface area contributed by atoms with Crippen molar-refractivity contribution in [3.8, 4) is 0 Å². The largest absolute Gasteiger partial charge is 0.480 e. The Balaban J connectivity index is 2.29. The quantitative estimate of drug-likeness (QED) is 0.588. The minimum atomic E-state index is -1.77. The van der Waals surface area contributed by atoms with Gasteiger partial charge in [0.1, 0.15) is 0 Å². The molecule has 0 bridgehead atoms. The van der Waals surface area contributed by atoms with E-state index < -0.39 is 46.5 Å². The van der Waals surface area contributed by atoms with Crippen molar-refractivity contribution >= 4 is 23.9 Å². The van der Waals surface area contributed by atoms with Crippen molar-refractivity contribution in [1.29, 1.82) is 0 Å². The number of aliphatic carboxylic acids is 2. The number of hydrogen-bond acceptors (Lipinski definition) is 5. The Morgan fingerprint density at radius 2 is 1.12 bits per heavy atom. The fourth-order valence-electron chi connectivity index (χ4n) is 4.38.